The molecule has 1 aromatic carbocycles. The number of nitrogens with zero attached hydrogens (tertiary/aromatic N) is 6. The highest BCUT2D eigenvalue weighted by atomic mass is 16.6. The monoisotopic (exact) mass is 723 g/mol. The van der Waals surface area contributed by atoms with Gasteiger partial charge in [0, 0.05) is 59.7 Å². The molecule has 1 amide bonds. The Hall–Kier alpha value is -4.47. The van der Waals surface area contributed by atoms with Crippen molar-refractivity contribution >= 4 is 50.1 Å². The summed E-state index contributed by atoms with van der Waals surface area (Å²) in [6.45, 7) is 9.54. The van der Waals surface area contributed by atoms with Gasteiger partial charge in [0.15, 0.2) is 5.65 Å². The highest BCUT2D eigenvalue weighted by molar-refractivity contribution is 6.04. The molecular weight excluding hydrogens is 671 g/mol. The molecular formula is C39H53N11O3. The predicted molar refractivity (Wildman–Crippen MR) is 208 cm³/mol. The Balaban J connectivity index is 1.15. The van der Waals surface area contributed by atoms with Gasteiger partial charge in [0.2, 0.25) is 5.91 Å². The van der Waals surface area contributed by atoms with Gasteiger partial charge in [-0.25, -0.2) is 9.97 Å². The number of likely N-dealkylation sites (tertiary alicyclic amines) is 1. The number of carbonyl (C=O) groups excluding carboxylic acids is 1. The zero-order valence-corrected chi connectivity index (χ0v) is 31.6. The number of fused-ring (bicyclic) bond motifs is 6. The van der Waals surface area contributed by atoms with Gasteiger partial charge in [0.1, 0.15) is 18.0 Å². The number of benzene rings is 1. The fourth-order valence-corrected chi connectivity index (χ4v) is 8.15. The first-order chi connectivity index (χ1) is 25.6. The largest absolute Gasteiger partial charge is 0.361 e. The van der Waals surface area contributed by atoms with Gasteiger partial charge < -0.3 is 35.9 Å². The van der Waals surface area contributed by atoms with Crippen LogP contribution in [-0.2, 0) is 9.63 Å². The maximum Gasteiger partial charge on any atom is 0.242 e. The van der Waals surface area contributed by atoms with Crippen LogP contribution >= 0.6 is 0 Å². The molecule has 282 valence electrons. The van der Waals surface area contributed by atoms with Crippen molar-refractivity contribution in [1.29, 1.82) is 0 Å². The lowest BCUT2D eigenvalue weighted by Gasteiger charge is -2.36. The molecule has 0 radical (unpaired) electrons. The fraction of sp³-hybridized carbons (Fsp3) is 0.513. The number of anilines is 2. The van der Waals surface area contributed by atoms with E-state index in [1.807, 2.05) is 44.4 Å². The first kappa shape index (κ1) is 36.9. The number of likely N-dealkylation sites (N-methyl/N-ethyl adjacent to an activating group) is 1. The molecule has 1 fully saturated rings. The second-order valence-corrected chi connectivity index (χ2v) is 15.3. The number of nitrogens with one attached hydrogen (secondary N) is 4. The minimum Gasteiger partial charge on any atom is -0.361 e. The van der Waals surface area contributed by atoms with Crippen molar-refractivity contribution in [2.75, 3.05) is 37.5 Å². The molecule has 5 atom stereocenters. The van der Waals surface area contributed by atoms with Gasteiger partial charge in [-0.3, -0.25) is 14.8 Å². The summed E-state index contributed by atoms with van der Waals surface area (Å²) >= 11 is 0. The third kappa shape index (κ3) is 7.01. The lowest BCUT2D eigenvalue weighted by atomic mass is 9.89. The first-order valence-corrected chi connectivity index (χ1v) is 18.9. The number of hydroxylamine groups is 2. The summed E-state index contributed by atoms with van der Waals surface area (Å²) in [5, 5.41) is 16.4. The Bertz CT molecular complexity index is 2080. The number of carbonyl (C=O) groups is 1. The SMILES string of the molecule is CON[C@H](C[C@@H](CCCN)c1nc2ncc3cc(-c4ccc5c6c(cnc5c4)N(C)C([C@@H]4CCCN4C(=O)[C@@H](NO)C(C)C)N6)ncc3c2[nH]1)C(C)C. The maximum absolute atomic E-state index is 13.5. The lowest BCUT2D eigenvalue weighted by Crippen LogP contribution is -2.56. The number of aromatic amines is 1. The van der Waals surface area contributed by atoms with Crippen LogP contribution in [0.4, 0.5) is 11.4 Å². The zero-order chi connectivity index (χ0) is 37.4. The first-order valence-electron chi connectivity index (χ1n) is 18.9. The molecule has 0 saturated carbocycles. The van der Waals surface area contributed by atoms with Crippen molar-refractivity contribution in [3.63, 3.8) is 0 Å². The molecule has 0 aliphatic carbocycles. The molecule has 6 heterocycles. The molecule has 0 spiro atoms. The van der Waals surface area contributed by atoms with Gasteiger partial charge in [0.25, 0.3) is 0 Å². The van der Waals surface area contributed by atoms with Crippen molar-refractivity contribution in [2.24, 2.45) is 17.6 Å². The molecule has 5 aromatic rings. The maximum atomic E-state index is 13.5. The van der Waals surface area contributed by atoms with Crippen LogP contribution < -0.4 is 26.9 Å². The van der Waals surface area contributed by atoms with Crippen molar-refractivity contribution in [1.82, 2.24) is 40.8 Å². The van der Waals surface area contributed by atoms with Crippen LogP contribution in [-0.4, -0.2) is 92.5 Å². The number of aromatic nitrogens is 5. The number of nitrogens with two attached hydrogens (primary N) is 1. The van der Waals surface area contributed by atoms with E-state index in [-0.39, 0.29) is 36.0 Å². The summed E-state index contributed by atoms with van der Waals surface area (Å²) < 4.78 is 0. The highest BCUT2D eigenvalue weighted by Gasteiger charge is 2.43. The van der Waals surface area contributed by atoms with E-state index in [0.717, 1.165) is 87.8 Å². The summed E-state index contributed by atoms with van der Waals surface area (Å²) in [4.78, 5) is 46.0. The summed E-state index contributed by atoms with van der Waals surface area (Å²) in [5.41, 5.74) is 17.5. The van der Waals surface area contributed by atoms with E-state index in [4.69, 9.17) is 30.5 Å². The summed E-state index contributed by atoms with van der Waals surface area (Å²) in [6.07, 6.45) is 10.0. The second-order valence-electron chi connectivity index (χ2n) is 15.3. The normalized spacial score (nSPS) is 19.1. The zero-order valence-electron chi connectivity index (χ0n) is 31.6. The molecule has 4 aromatic heterocycles. The average molecular weight is 724 g/mol. The van der Waals surface area contributed by atoms with E-state index in [1.54, 1.807) is 7.11 Å². The van der Waals surface area contributed by atoms with Crippen molar-refractivity contribution in [2.45, 2.75) is 90.0 Å². The van der Waals surface area contributed by atoms with Gasteiger partial charge in [-0.05, 0) is 68.7 Å². The van der Waals surface area contributed by atoms with Crippen molar-refractivity contribution in [3.8, 4) is 11.3 Å². The van der Waals surface area contributed by atoms with Crippen LogP contribution in [0.3, 0.4) is 0 Å². The molecule has 7 rings (SSSR count). The van der Waals surface area contributed by atoms with E-state index in [1.165, 1.54) is 0 Å². The Kier molecular flexibility index (Phi) is 10.8. The minimum atomic E-state index is -0.640. The van der Waals surface area contributed by atoms with Gasteiger partial charge in [-0.15, -0.1) is 0 Å². The predicted octanol–water partition coefficient (Wildman–Crippen LogP) is 5.29. The van der Waals surface area contributed by atoms with Crippen LogP contribution in [0, 0.1) is 11.8 Å². The second kappa shape index (κ2) is 15.5. The molecule has 1 saturated heterocycles. The van der Waals surface area contributed by atoms with Crippen molar-refractivity contribution < 1.29 is 14.8 Å². The van der Waals surface area contributed by atoms with Crippen LogP contribution in [0.1, 0.15) is 71.5 Å². The van der Waals surface area contributed by atoms with Crippen LogP contribution in [0.25, 0.3) is 44.1 Å². The molecule has 1 unspecified atom stereocenters. The van der Waals surface area contributed by atoms with Gasteiger partial charge in [0.05, 0.1) is 47.5 Å². The van der Waals surface area contributed by atoms with Gasteiger partial charge in [-0.1, -0.05) is 33.8 Å². The Morgan fingerprint density at radius 1 is 1.09 bits per heavy atom. The van der Waals surface area contributed by atoms with E-state index in [9.17, 15) is 10.0 Å². The molecule has 2 aliphatic rings. The number of hydrogen-bond donors (Lipinski definition) is 6. The fourth-order valence-electron chi connectivity index (χ4n) is 8.15. The number of hydrogen-bond acceptors (Lipinski definition) is 12. The molecule has 14 nitrogen and oxygen atoms in total. The molecule has 14 heteroatoms. The van der Waals surface area contributed by atoms with Gasteiger partial charge >= 0.3 is 0 Å². The van der Waals surface area contributed by atoms with Crippen LogP contribution in [0.2, 0.25) is 0 Å². The third-order valence-corrected chi connectivity index (χ3v) is 11.2. The minimum absolute atomic E-state index is 0.0354. The molecule has 0 bridgehead atoms. The lowest BCUT2D eigenvalue weighted by molar-refractivity contribution is -0.138. The Morgan fingerprint density at radius 3 is 2.66 bits per heavy atom. The number of rotatable bonds is 14. The van der Waals surface area contributed by atoms with Crippen LogP contribution in [0.15, 0.2) is 42.9 Å². The number of imidazole rings is 1. The number of H-pyrrole nitrogens is 1. The summed E-state index contributed by atoms with van der Waals surface area (Å²) in [5.74, 6) is 1.35. The number of amides is 1. The number of pyridine rings is 3. The molecule has 53 heavy (non-hydrogen) atoms. The Morgan fingerprint density at radius 2 is 1.92 bits per heavy atom. The average Bonchev–Trinajstić information content (AvgIpc) is 3.90. The van der Waals surface area contributed by atoms with E-state index >= 15 is 0 Å². The van der Waals surface area contributed by atoms with E-state index in [0.29, 0.717) is 24.7 Å². The highest BCUT2D eigenvalue weighted by Crippen LogP contribution is 2.42. The third-order valence-electron chi connectivity index (χ3n) is 11.2. The summed E-state index contributed by atoms with van der Waals surface area (Å²) in [7, 11) is 3.70. The quantitative estimate of drug-likeness (QED) is 0.0816. The molecule has 7 N–H and O–H groups in total. The van der Waals surface area contributed by atoms with E-state index < -0.39 is 6.04 Å². The molecule has 2 aliphatic heterocycles. The van der Waals surface area contributed by atoms with Gasteiger partial charge in [-0.2, -0.15) is 11.0 Å². The topological polar surface area (TPSA) is 182 Å². The summed E-state index contributed by atoms with van der Waals surface area (Å²) in [6, 6.07) is 7.81. The van der Waals surface area contributed by atoms with Crippen molar-refractivity contribution in [3.05, 3.63) is 48.7 Å². The van der Waals surface area contributed by atoms with E-state index in [2.05, 4.69) is 64.3 Å². The standard InChI is InChI=1S/C39H53N11O3/c1-21(2)28(48-53-6)16-24(9-7-13-40)36-44-35-27-19-41-29(17-25(27)18-43-37(35)46-36)23-11-12-26-30(15-23)42-20-32-34(26)45-38(49(32)5)31-10-8-14-50(31)39(51)33(47-52)22(3)4/h11-12,15,17-22,24,28,31,33,38,45,47-48,52H,7-10,13-14,16,40H2,1-6H3,(H,43,44,46)/t24-,28-,31+,33+,38?/m1/s1. The Labute approximate surface area is 310 Å². The smallest absolute Gasteiger partial charge is 0.242 e. The van der Waals surface area contributed by atoms with Crippen LogP contribution in [0.5, 0.6) is 0 Å².